The van der Waals surface area contributed by atoms with Crippen LogP contribution in [0.2, 0.25) is 0 Å². The number of aliphatic imine (C=N–C) groups is 1. The lowest BCUT2D eigenvalue weighted by molar-refractivity contribution is 0.412. The maximum absolute atomic E-state index is 5.45. The van der Waals surface area contributed by atoms with Gasteiger partial charge in [0.15, 0.2) is 0 Å². The number of hydrogen-bond acceptors (Lipinski definition) is 3. The van der Waals surface area contributed by atoms with E-state index in [-0.39, 0.29) is 0 Å². The molecular formula is C11H19N5. The number of nitrogens with two attached hydrogens (primary N) is 1. The van der Waals surface area contributed by atoms with Gasteiger partial charge in [-0.15, -0.1) is 0 Å². The Morgan fingerprint density at radius 1 is 1.50 bits per heavy atom. The van der Waals surface area contributed by atoms with Gasteiger partial charge in [-0.2, -0.15) is 0 Å². The van der Waals surface area contributed by atoms with Crippen molar-refractivity contribution < 1.29 is 0 Å². The number of hydrogen-bond donors (Lipinski definition) is 2. The average molecular weight is 221 g/mol. The lowest BCUT2D eigenvalue weighted by Crippen LogP contribution is -2.44. The fourth-order valence-corrected chi connectivity index (χ4v) is 1.41. The second-order valence-electron chi connectivity index (χ2n) is 3.28. The fourth-order valence-electron chi connectivity index (χ4n) is 1.41. The molecule has 1 aromatic rings. The number of aromatic nitrogens is 1. The molecule has 0 radical (unpaired) electrons. The summed E-state index contributed by atoms with van der Waals surface area (Å²) in [6.07, 6.45) is 1.79. The Balaban J connectivity index is 2.72. The molecule has 0 bridgehead atoms. The number of rotatable bonds is 4. The fraction of sp³-hybridized carbons (Fsp3) is 0.455. The second-order valence-corrected chi connectivity index (χ2v) is 3.28. The van der Waals surface area contributed by atoms with E-state index in [0.29, 0.717) is 19.0 Å². The number of nitrogens with one attached hydrogen (secondary N) is 1. The lowest BCUT2D eigenvalue weighted by Gasteiger charge is -2.23. The zero-order chi connectivity index (χ0) is 11.8. The van der Waals surface area contributed by atoms with E-state index in [4.69, 9.17) is 5.84 Å². The van der Waals surface area contributed by atoms with E-state index in [1.54, 1.807) is 6.20 Å². The summed E-state index contributed by atoms with van der Waals surface area (Å²) in [6, 6.07) is 5.87. The van der Waals surface area contributed by atoms with Gasteiger partial charge in [0.05, 0.1) is 12.2 Å². The van der Waals surface area contributed by atoms with E-state index in [2.05, 4.69) is 22.3 Å². The monoisotopic (exact) mass is 221 g/mol. The quantitative estimate of drug-likeness (QED) is 0.341. The summed E-state index contributed by atoms with van der Waals surface area (Å²) < 4.78 is 0. The van der Waals surface area contributed by atoms with Crippen LogP contribution < -0.4 is 11.3 Å². The van der Waals surface area contributed by atoms with Crippen molar-refractivity contribution in [1.82, 2.24) is 15.3 Å². The van der Waals surface area contributed by atoms with Crippen LogP contribution in [0.15, 0.2) is 29.4 Å². The third-order valence-corrected chi connectivity index (χ3v) is 2.20. The van der Waals surface area contributed by atoms with Gasteiger partial charge in [-0.05, 0) is 26.0 Å². The van der Waals surface area contributed by atoms with E-state index in [1.165, 1.54) is 0 Å². The minimum absolute atomic E-state index is 0.704. The molecule has 0 amide bonds. The van der Waals surface area contributed by atoms with Crippen LogP contribution in [0.25, 0.3) is 0 Å². The molecular weight excluding hydrogens is 202 g/mol. The van der Waals surface area contributed by atoms with Crippen LogP contribution >= 0.6 is 0 Å². The first-order valence-electron chi connectivity index (χ1n) is 5.47. The molecule has 5 nitrogen and oxygen atoms in total. The van der Waals surface area contributed by atoms with Crippen LogP contribution in [-0.2, 0) is 6.54 Å². The van der Waals surface area contributed by atoms with Crippen molar-refractivity contribution in [2.75, 3.05) is 13.1 Å². The summed E-state index contributed by atoms with van der Waals surface area (Å²) in [6.45, 7) is 6.29. The van der Waals surface area contributed by atoms with Crippen LogP contribution in [-0.4, -0.2) is 28.9 Å². The molecule has 0 aromatic carbocycles. The summed E-state index contributed by atoms with van der Waals surface area (Å²) in [7, 11) is 0. The second kappa shape index (κ2) is 6.79. The number of nitrogens with zero attached hydrogens (tertiary/aromatic N) is 3. The smallest absolute Gasteiger partial charge is 0.208 e. The van der Waals surface area contributed by atoms with Crippen LogP contribution in [0.5, 0.6) is 0 Å². The van der Waals surface area contributed by atoms with Crippen molar-refractivity contribution in [3.05, 3.63) is 30.1 Å². The normalized spacial score (nSPS) is 11.3. The summed E-state index contributed by atoms with van der Waals surface area (Å²) in [4.78, 5) is 10.6. The molecule has 88 valence electrons. The number of hydrazine groups is 1. The Bertz CT molecular complexity index is 322. The Morgan fingerprint density at radius 2 is 2.31 bits per heavy atom. The predicted molar refractivity (Wildman–Crippen MR) is 65.6 cm³/mol. The molecule has 0 aliphatic carbocycles. The zero-order valence-corrected chi connectivity index (χ0v) is 9.85. The topological polar surface area (TPSA) is 66.5 Å². The maximum atomic E-state index is 5.45. The minimum atomic E-state index is 0.704. The molecule has 0 atom stereocenters. The van der Waals surface area contributed by atoms with Crippen molar-refractivity contribution >= 4 is 5.96 Å². The van der Waals surface area contributed by atoms with Crippen LogP contribution in [0.4, 0.5) is 0 Å². The third-order valence-electron chi connectivity index (χ3n) is 2.20. The van der Waals surface area contributed by atoms with Crippen molar-refractivity contribution in [2.45, 2.75) is 20.4 Å². The van der Waals surface area contributed by atoms with Crippen molar-refractivity contribution in [3.63, 3.8) is 0 Å². The third kappa shape index (κ3) is 3.51. The first-order chi connectivity index (χ1) is 7.81. The van der Waals surface area contributed by atoms with Gasteiger partial charge in [0.1, 0.15) is 0 Å². The van der Waals surface area contributed by atoms with Gasteiger partial charge < -0.3 is 4.90 Å². The largest absolute Gasteiger partial charge is 0.336 e. The zero-order valence-electron chi connectivity index (χ0n) is 9.85. The number of guanidine groups is 1. The predicted octanol–water partition coefficient (Wildman–Crippen LogP) is 0.743. The van der Waals surface area contributed by atoms with Gasteiger partial charge in [0.25, 0.3) is 0 Å². The van der Waals surface area contributed by atoms with Crippen molar-refractivity contribution in [3.8, 4) is 0 Å². The molecule has 0 saturated heterocycles. The van der Waals surface area contributed by atoms with Gasteiger partial charge in [0.2, 0.25) is 5.96 Å². The molecule has 0 unspecified atom stereocenters. The van der Waals surface area contributed by atoms with E-state index >= 15 is 0 Å². The molecule has 5 heteroatoms. The van der Waals surface area contributed by atoms with E-state index < -0.39 is 0 Å². The Kier molecular flexibility index (Phi) is 5.28. The molecule has 16 heavy (non-hydrogen) atoms. The minimum Gasteiger partial charge on any atom is -0.336 e. The summed E-state index contributed by atoms with van der Waals surface area (Å²) in [5.41, 5.74) is 3.63. The maximum Gasteiger partial charge on any atom is 0.208 e. The molecule has 0 aliphatic heterocycles. The van der Waals surface area contributed by atoms with Gasteiger partial charge in [0, 0.05) is 19.3 Å². The first-order valence-corrected chi connectivity index (χ1v) is 5.47. The number of pyridine rings is 1. The molecule has 1 rings (SSSR count). The van der Waals surface area contributed by atoms with Gasteiger partial charge in [-0.3, -0.25) is 15.4 Å². The highest BCUT2D eigenvalue weighted by atomic mass is 15.4. The van der Waals surface area contributed by atoms with Gasteiger partial charge >= 0.3 is 0 Å². The SMILES string of the molecule is CCN=C(NN)N(CC)Cc1ccccn1. The van der Waals surface area contributed by atoms with Crippen molar-refractivity contribution in [1.29, 1.82) is 0 Å². The van der Waals surface area contributed by atoms with E-state index in [9.17, 15) is 0 Å². The summed E-state index contributed by atoms with van der Waals surface area (Å²) in [5.74, 6) is 6.15. The van der Waals surface area contributed by atoms with E-state index in [0.717, 1.165) is 12.2 Å². The van der Waals surface area contributed by atoms with Gasteiger partial charge in [-0.1, -0.05) is 6.07 Å². The molecule has 0 aliphatic rings. The average Bonchev–Trinajstić information content (AvgIpc) is 2.35. The van der Waals surface area contributed by atoms with Crippen LogP contribution in [0, 0.1) is 0 Å². The summed E-state index contributed by atoms with van der Waals surface area (Å²) >= 11 is 0. The van der Waals surface area contributed by atoms with Gasteiger partial charge in [-0.25, -0.2) is 5.84 Å². The van der Waals surface area contributed by atoms with Crippen molar-refractivity contribution in [2.24, 2.45) is 10.8 Å². The molecule has 0 fully saturated rings. The summed E-state index contributed by atoms with van der Waals surface area (Å²) in [5, 5.41) is 0. The molecule has 0 spiro atoms. The Hall–Kier alpha value is -1.62. The standard InChI is InChI=1S/C11H19N5/c1-3-13-11(15-12)16(4-2)9-10-7-5-6-8-14-10/h5-8H,3-4,9,12H2,1-2H3,(H,13,15). The first kappa shape index (κ1) is 12.4. The highest BCUT2D eigenvalue weighted by Crippen LogP contribution is 2.01. The molecule has 3 N–H and O–H groups in total. The Morgan fingerprint density at radius 3 is 2.81 bits per heavy atom. The molecule has 1 aromatic heterocycles. The lowest BCUT2D eigenvalue weighted by atomic mass is 10.3. The highest BCUT2D eigenvalue weighted by molar-refractivity contribution is 5.79. The van der Waals surface area contributed by atoms with Crippen LogP contribution in [0.1, 0.15) is 19.5 Å². The van der Waals surface area contributed by atoms with Crippen LogP contribution in [0.3, 0.4) is 0 Å². The van der Waals surface area contributed by atoms with E-state index in [1.807, 2.05) is 30.0 Å². The molecule has 1 heterocycles. The Labute approximate surface area is 96.4 Å². The highest BCUT2D eigenvalue weighted by Gasteiger charge is 2.08. The molecule has 0 saturated carbocycles.